The van der Waals surface area contributed by atoms with Crippen LogP contribution in [0.4, 0.5) is 0 Å². The summed E-state index contributed by atoms with van der Waals surface area (Å²) in [5.41, 5.74) is 0.628. The molecule has 3 rings (SSSR count). The second kappa shape index (κ2) is 6.72. The molecule has 1 saturated heterocycles. The Morgan fingerprint density at radius 1 is 1.21 bits per heavy atom. The molecule has 0 spiro atoms. The zero-order valence-electron chi connectivity index (χ0n) is 13.4. The van der Waals surface area contributed by atoms with E-state index in [1.165, 1.54) is 0 Å². The molecule has 24 heavy (non-hydrogen) atoms. The number of carbonyl (C=O) groups is 1. The molecule has 0 unspecified atom stereocenters. The second-order valence-corrected chi connectivity index (χ2v) is 7.93. The van der Waals surface area contributed by atoms with E-state index in [9.17, 15) is 13.2 Å². The summed E-state index contributed by atoms with van der Waals surface area (Å²) in [6, 6.07) is 8.88. The summed E-state index contributed by atoms with van der Waals surface area (Å²) < 4.78 is 30.0. The maximum atomic E-state index is 12.4. The summed E-state index contributed by atoms with van der Waals surface area (Å²) in [7, 11) is -3.94. The first-order valence-corrected chi connectivity index (χ1v) is 9.50. The van der Waals surface area contributed by atoms with Crippen molar-refractivity contribution in [1.82, 2.24) is 15.1 Å². The lowest BCUT2D eigenvalue weighted by Gasteiger charge is -2.30. The fraction of sp³-hybridized carbons (Fsp3) is 0.438. The average Bonchev–Trinajstić information content (AvgIpc) is 3.07. The van der Waals surface area contributed by atoms with E-state index in [2.05, 4.69) is 17.1 Å². The fourth-order valence-electron chi connectivity index (χ4n) is 2.61. The van der Waals surface area contributed by atoms with Crippen molar-refractivity contribution in [3.8, 4) is 11.5 Å². The molecule has 0 saturated carbocycles. The number of sulfone groups is 1. The molecule has 0 radical (unpaired) electrons. The molecule has 2 aromatic rings. The molecular formula is C16H19N3O4S. The molecule has 7 nitrogen and oxygen atoms in total. The number of rotatable bonds is 4. The predicted molar refractivity (Wildman–Crippen MR) is 86.8 cm³/mol. The van der Waals surface area contributed by atoms with Gasteiger partial charge in [-0.05, 0) is 30.9 Å². The number of hydrogen-bond acceptors (Lipinski definition) is 6. The number of likely N-dealkylation sites (tertiary alicyclic amines) is 1. The highest BCUT2D eigenvalue weighted by Crippen LogP contribution is 2.21. The first-order chi connectivity index (χ1) is 11.5. The van der Waals surface area contributed by atoms with E-state index in [-0.39, 0.29) is 5.89 Å². The van der Waals surface area contributed by atoms with Crippen molar-refractivity contribution in [2.24, 2.45) is 5.92 Å². The lowest BCUT2D eigenvalue weighted by atomic mass is 9.99. The molecule has 0 N–H and O–H groups in total. The summed E-state index contributed by atoms with van der Waals surface area (Å²) in [6.07, 6.45) is 1.79. The Morgan fingerprint density at radius 2 is 1.88 bits per heavy atom. The number of aromatic nitrogens is 2. The Hall–Kier alpha value is -2.22. The summed E-state index contributed by atoms with van der Waals surface area (Å²) in [6.45, 7) is 3.31. The third-order valence-corrected chi connectivity index (χ3v) is 5.47. The minimum absolute atomic E-state index is 0.119. The Balaban J connectivity index is 1.72. The zero-order valence-corrected chi connectivity index (χ0v) is 14.2. The van der Waals surface area contributed by atoms with Crippen molar-refractivity contribution >= 4 is 15.7 Å². The van der Waals surface area contributed by atoms with E-state index in [4.69, 9.17) is 4.42 Å². The summed E-state index contributed by atoms with van der Waals surface area (Å²) in [4.78, 5) is 13.8. The van der Waals surface area contributed by atoms with E-state index in [0.717, 1.165) is 12.8 Å². The third kappa shape index (κ3) is 3.64. The van der Waals surface area contributed by atoms with Crippen molar-refractivity contribution in [3.05, 3.63) is 30.3 Å². The highest BCUT2D eigenvalue weighted by molar-refractivity contribution is 7.91. The van der Waals surface area contributed by atoms with Crippen LogP contribution in [0.1, 0.15) is 19.8 Å². The Bertz CT molecular complexity index is 809. The number of carbonyl (C=O) groups excluding carboxylic acids is 1. The highest BCUT2D eigenvalue weighted by Gasteiger charge is 2.30. The number of benzene rings is 1. The van der Waals surface area contributed by atoms with Crippen molar-refractivity contribution < 1.29 is 17.6 Å². The molecule has 1 aromatic carbocycles. The van der Waals surface area contributed by atoms with Gasteiger partial charge in [0, 0.05) is 18.7 Å². The van der Waals surface area contributed by atoms with Crippen LogP contribution in [0.25, 0.3) is 11.5 Å². The molecule has 1 aliphatic rings. The normalized spacial score (nSPS) is 16.3. The van der Waals surface area contributed by atoms with Crippen molar-refractivity contribution in [1.29, 1.82) is 0 Å². The van der Waals surface area contributed by atoms with Crippen molar-refractivity contribution in [2.75, 3.05) is 18.8 Å². The smallest absolute Gasteiger partial charge is 0.336 e. The summed E-state index contributed by atoms with van der Waals surface area (Å²) in [5, 5.41) is 6.85. The highest BCUT2D eigenvalue weighted by atomic mass is 32.2. The van der Waals surface area contributed by atoms with Gasteiger partial charge < -0.3 is 9.32 Å². The lowest BCUT2D eigenvalue weighted by molar-refractivity contribution is -0.129. The van der Waals surface area contributed by atoms with Crippen molar-refractivity contribution in [3.63, 3.8) is 0 Å². The molecule has 1 fully saturated rings. The van der Waals surface area contributed by atoms with Crippen LogP contribution in [0.2, 0.25) is 0 Å². The van der Waals surface area contributed by atoms with Gasteiger partial charge in [0.2, 0.25) is 21.6 Å². The van der Waals surface area contributed by atoms with E-state index in [0.29, 0.717) is 24.6 Å². The summed E-state index contributed by atoms with van der Waals surface area (Å²) >= 11 is 0. The molecule has 2 heterocycles. The Kier molecular flexibility index (Phi) is 4.66. The predicted octanol–water partition coefficient (Wildman–Crippen LogP) is 1.77. The first-order valence-electron chi connectivity index (χ1n) is 7.85. The number of hydrogen-bond donors (Lipinski definition) is 0. The molecule has 1 aliphatic heterocycles. The second-order valence-electron chi connectivity index (χ2n) is 6.06. The molecule has 1 amide bonds. The lowest BCUT2D eigenvalue weighted by Crippen LogP contribution is -2.41. The fourth-order valence-corrected chi connectivity index (χ4v) is 3.61. The molecule has 8 heteroatoms. The molecule has 0 bridgehead atoms. The van der Waals surface area contributed by atoms with Crippen LogP contribution in [-0.2, 0) is 14.6 Å². The molecule has 128 valence electrons. The quantitative estimate of drug-likeness (QED) is 0.835. The maximum absolute atomic E-state index is 12.4. The third-order valence-electron chi connectivity index (χ3n) is 4.14. The first kappa shape index (κ1) is 16.6. The van der Waals surface area contributed by atoms with Gasteiger partial charge in [0.05, 0.1) is 0 Å². The maximum Gasteiger partial charge on any atom is 0.336 e. The van der Waals surface area contributed by atoms with Gasteiger partial charge >= 0.3 is 5.22 Å². The minimum Gasteiger partial charge on any atom is -0.408 e. The topological polar surface area (TPSA) is 93.4 Å². The van der Waals surface area contributed by atoms with Gasteiger partial charge in [0.1, 0.15) is 5.75 Å². The van der Waals surface area contributed by atoms with Gasteiger partial charge in [-0.1, -0.05) is 30.2 Å². The molecular weight excluding hydrogens is 330 g/mol. The van der Waals surface area contributed by atoms with Crippen molar-refractivity contribution in [2.45, 2.75) is 25.0 Å². The van der Waals surface area contributed by atoms with Crippen LogP contribution in [0.5, 0.6) is 0 Å². The van der Waals surface area contributed by atoms with Crippen LogP contribution in [0.3, 0.4) is 0 Å². The number of amides is 1. The van der Waals surface area contributed by atoms with Gasteiger partial charge in [0.25, 0.3) is 0 Å². The minimum atomic E-state index is -3.94. The van der Waals surface area contributed by atoms with Crippen LogP contribution in [0, 0.1) is 5.92 Å². The van der Waals surface area contributed by atoms with E-state index < -0.39 is 26.7 Å². The van der Waals surface area contributed by atoms with E-state index >= 15 is 0 Å². The van der Waals surface area contributed by atoms with Gasteiger partial charge in [-0.2, -0.15) is 0 Å². The van der Waals surface area contributed by atoms with Gasteiger partial charge in [0.15, 0.2) is 0 Å². The summed E-state index contributed by atoms with van der Waals surface area (Å²) in [5.74, 6) is -0.373. The number of nitrogens with zero attached hydrogens (tertiary/aromatic N) is 3. The number of piperidine rings is 1. The van der Waals surface area contributed by atoms with Crippen LogP contribution in [0.15, 0.2) is 40.0 Å². The molecule has 0 atom stereocenters. The van der Waals surface area contributed by atoms with Gasteiger partial charge in [-0.3, -0.25) is 4.79 Å². The van der Waals surface area contributed by atoms with Crippen LogP contribution < -0.4 is 0 Å². The zero-order chi connectivity index (χ0) is 17.2. The molecule has 0 aliphatic carbocycles. The average molecular weight is 349 g/mol. The SMILES string of the molecule is CC1CCN(C(=O)CS(=O)(=O)c2nnc(-c3ccccc3)o2)CC1. The molecule has 1 aromatic heterocycles. The largest absolute Gasteiger partial charge is 0.408 e. The Morgan fingerprint density at radius 3 is 2.54 bits per heavy atom. The Labute approximate surface area is 140 Å². The van der Waals surface area contributed by atoms with Crippen LogP contribution >= 0.6 is 0 Å². The van der Waals surface area contributed by atoms with Gasteiger partial charge in [-0.25, -0.2) is 8.42 Å². The van der Waals surface area contributed by atoms with Gasteiger partial charge in [-0.15, -0.1) is 5.10 Å². The van der Waals surface area contributed by atoms with Crippen LogP contribution in [-0.4, -0.2) is 48.3 Å². The monoisotopic (exact) mass is 349 g/mol. The standard InChI is InChI=1S/C16H19N3O4S/c1-12-7-9-19(10-8-12)14(20)11-24(21,22)16-18-17-15(23-16)13-5-3-2-4-6-13/h2-6,12H,7-11H2,1H3. The van der Waals surface area contributed by atoms with E-state index in [1.807, 2.05) is 6.07 Å². The van der Waals surface area contributed by atoms with E-state index in [1.54, 1.807) is 29.2 Å².